The standard InChI is InChI=1S/C16H20ClN3O3/c1-11(18-12(2)21)15(22)19-6-8-20(9-7-19)16(23)13-4-3-5-14(17)10-13/h3-5,10-11H,6-9H2,1-2H3,(H,18,21). The van der Waals surface area contributed by atoms with Crippen molar-refractivity contribution >= 4 is 29.3 Å². The minimum Gasteiger partial charge on any atom is -0.345 e. The van der Waals surface area contributed by atoms with Crippen LogP contribution in [0.2, 0.25) is 5.02 Å². The number of piperazine rings is 1. The molecule has 2 rings (SSSR count). The predicted molar refractivity (Wildman–Crippen MR) is 87.2 cm³/mol. The summed E-state index contributed by atoms with van der Waals surface area (Å²) in [5, 5.41) is 3.10. The van der Waals surface area contributed by atoms with Crippen LogP contribution in [0, 0.1) is 0 Å². The van der Waals surface area contributed by atoms with E-state index in [0.29, 0.717) is 36.8 Å². The summed E-state index contributed by atoms with van der Waals surface area (Å²) in [6.07, 6.45) is 0. The largest absolute Gasteiger partial charge is 0.345 e. The number of carbonyl (C=O) groups is 3. The molecule has 1 aliphatic heterocycles. The summed E-state index contributed by atoms with van der Waals surface area (Å²) >= 11 is 5.91. The van der Waals surface area contributed by atoms with E-state index in [1.54, 1.807) is 41.0 Å². The zero-order valence-corrected chi connectivity index (χ0v) is 14.0. The summed E-state index contributed by atoms with van der Waals surface area (Å²) in [6.45, 7) is 4.87. The summed E-state index contributed by atoms with van der Waals surface area (Å²) < 4.78 is 0. The normalized spacial score (nSPS) is 16.0. The summed E-state index contributed by atoms with van der Waals surface area (Å²) in [7, 11) is 0. The Bertz CT molecular complexity index is 612. The third kappa shape index (κ3) is 4.45. The maximum atomic E-state index is 12.4. The van der Waals surface area contributed by atoms with Crippen molar-refractivity contribution < 1.29 is 14.4 Å². The number of rotatable bonds is 3. The molecular formula is C16H20ClN3O3. The first-order chi connectivity index (χ1) is 10.9. The van der Waals surface area contributed by atoms with Crippen molar-refractivity contribution in [3.8, 4) is 0 Å². The number of amides is 3. The van der Waals surface area contributed by atoms with Crippen LogP contribution in [0.15, 0.2) is 24.3 Å². The van der Waals surface area contributed by atoms with Crippen molar-refractivity contribution in [2.24, 2.45) is 0 Å². The van der Waals surface area contributed by atoms with E-state index in [2.05, 4.69) is 5.32 Å². The smallest absolute Gasteiger partial charge is 0.254 e. The Kier molecular flexibility index (Phi) is 5.60. The van der Waals surface area contributed by atoms with Crippen LogP contribution in [0.25, 0.3) is 0 Å². The molecule has 23 heavy (non-hydrogen) atoms. The first-order valence-electron chi connectivity index (χ1n) is 7.49. The van der Waals surface area contributed by atoms with Gasteiger partial charge >= 0.3 is 0 Å². The van der Waals surface area contributed by atoms with Crippen LogP contribution in [-0.4, -0.2) is 59.7 Å². The molecule has 1 saturated heterocycles. The molecule has 1 atom stereocenters. The molecule has 1 aromatic carbocycles. The Morgan fingerprint density at radius 3 is 2.30 bits per heavy atom. The molecule has 0 spiro atoms. The van der Waals surface area contributed by atoms with E-state index >= 15 is 0 Å². The maximum absolute atomic E-state index is 12.4. The fourth-order valence-electron chi connectivity index (χ4n) is 2.57. The highest BCUT2D eigenvalue weighted by Gasteiger charge is 2.27. The Balaban J connectivity index is 1.92. The van der Waals surface area contributed by atoms with Gasteiger partial charge in [-0.25, -0.2) is 0 Å². The second kappa shape index (κ2) is 7.46. The fraction of sp³-hybridized carbons (Fsp3) is 0.438. The lowest BCUT2D eigenvalue weighted by Crippen LogP contribution is -2.55. The predicted octanol–water partition coefficient (Wildman–Crippen LogP) is 1.15. The number of halogens is 1. The van der Waals surface area contributed by atoms with Gasteiger partial charge < -0.3 is 15.1 Å². The van der Waals surface area contributed by atoms with E-state index in [9.17, 15) is 14.4 Å². The lowest BCUT2D eigenvalue weighted by atomic mass is 10.1. The van der Waals surface area contributed by atoms with Crippen LogP contribution in [0.3, 0.4) is 0 Å². The molecule has 1 fully saturated rings. The summed E-state index contributed by atoms with van der Waals surface area (Å²) in [6, 6.07) is 6.27. The van der Waals surface area contributed by atoms with Crippen molar-refractivity contribution in [3.05, 3.63) is 34.9 Å². The van der Waals surface area contributed by atoms with Crippen molar-refractivity contribution in [2.45, 2.75) is 19.9 Å². The van der Waals surface area contributed by atoms with Crippen LogP contribution in [0.5, 0.6) is 0 Å². The topological polar surface area (TPSA) is 69.7 Å². The van der Waals surface area contributed by atoms with E-state index in [1.807, 2.05) is 0 Å². The molecule has 6 nitrogen and oxygen atoms in total. The zero-order valence-electron chi connectivity index (χ0n) is 13.2. The Labute approximate surface area is 140 Å². The minimum absolute atomic E-state index is 0.0884. The monoisotopic (exact) mass is 337 g/mol. The van der Waals surface area contributed by atoms with Gasteiger partial charge in [0.2, 0.25) is 11.8 Å². The Morgan fingerprint density at radius 2 is 1.74 bits per heavy atom. The molecular weight excluding hydrogens is 318 g/mol. The summed E-state index contributed by atoms with van der Waals surface area (Å²) in [5.41, 5.74) is 0.545. The highest BCUT2D eigenvalue weighted by Crippen LogP contribution is 2.14. The van der Waals surface area contributed by atoms with Crippen LogP contribution < -0.4 is 5.32 Å². The third-order valence-electron chi connectivity index (χ3n) is 3.74. The zero-order chi connectivity index (χ0) is 17.0. The second-order valence-electron chi connectivity index (χ2n) is 5.55. The van der Waals surface area contributed by atoms with Crippen LogP contribution in [0.1, 0.15) is 24.2 Å². The first kappa shape index (κ1) is 17.3. The maximum Gasteiger partial charge on any atom is 0.254 e. The van der Waals surface area contributed by atoms with Gasteiger partial charge in [0.15, 0.2) is 0 Å². The molecule has 0 saturated carbocycles. The van der Waals surface area contributed by atoms with Gasteiger partial charge in [-0.1, -0.05) is 17.7 Å². The van der Waals surface area contributed by atoms with Gasteiger partial charge in [0.25, 0.3) is 5.91 Å². The fourth-order valence-corrected chi connectivity index (χ4v) is 2.76. The number of hydrogen-bond acceptors (Lipinski definition) is 3. The average molecular weight is 338 g/mol. The van der Waals surface area contributed by atoms with Gasteiger partial charge in [-0.2, -0.15) is 0 Å². The summed E-state index contributed by atoms with van der Waals surface area (Å²) in [4.78, 5) is 39.0. The molecule has 3 amide bonds. The molecule has 0 aliphatic carbocycles. The number of carbonyl (C=O) groups excluding carboxylic acids is 3. The number of nitrogens with zero attached hydrogens (tertiary/aromatic N) is 2. The van der Waals surface area contributed by atoms with Crippen LogP contribution in [-0.2, 0) is 9.59 Å². The van der Waals surface area contributed by atoms with Crippen LogP contribution >= 0.6 is 11.6 Å². The minimum atomic E-state index is -0.553. The number of nitrogens with one attached hydrogen (secondary N) is 1. The van der Waals surface area contributed by atoms with Gasteiger partial charge in [-0.3, -0.25) is 14.4 Å². The lowest BCUT2D eigenvalue weighted by molar-refractivity contribution is -0.136. The van der Waals surface area contributed by atoms with E-state index in [0.717, 1.165) is 0 Å². The SMILES string of the molecule is CC(=O)NC(C)C(=O)N1CCN(C(=O)c2cccc(Cl)c2)CC1. The Hall–Kier alpha value is -2.08. The molecule has 0 bridgehead atoms. The lowest BCUT2D eigenvalue weighted by Gasteiger charge is -2.36. The molecule has 1 unspecified atom stereocenters. The Morgan fingerprint density at radius 1 is 1.13 bits per heavy atom. The van der Waals surface area contributed by atoms with E-state index in [4.69, 9.17) is 11.6 Å². The van der Waals surface area contributed by atoms with Gasteiger partial charge in [-0.05, 0) is 25.1 Å². The quantitative estimate of drug-likeness (QED) is 0.899. The van der Waals surface area contributed by atoms with Gasteiger partial charge in [0, 0.05) is 43.7 Å². The average Bonchev–Trinajstić information content (AvgIpc) is 2.53. The molecule has 1 N–H and O–H groups in total. The molecule has 124 valence electrons. The number of hydrogen-bond donors (Lipinski definition) is 1. The van der Waals surface area contributed by atoms with E-state index in [-0.39, 0.29) is 17.7 Å². The highest BCUT2D eigenvalue weighted by molar-refractivity contribution is 6.30. The molecule has 1 aromatic rings. The van der Waals surface area contributed by atoms with E-state index in [1.165, 1.54) is 6.92 Å². The third-order valence-corrected chi connectivity index (χ3v) is 3.98. The highest BCUT2D eigenvalue weighted by atomic mass is 35.5. The first-order valence-corrected chi connectivity index (χ1v) is 7.87. The van der Waals surface area contributed by atoms with Gasteiger partial charge in [-0.15, -0.1) is 0 Å². The molecule has 0 radical (unpaired) electrons. The summed E-state index contributed by atoms with van der Waals surface area (Å²) in [5.74, 6) is -0.454. The van der Waals surface area contributed by atoms with Gasteiger partial charge in [0.05, 0.1) is 0 Å². The van der Waals surface area contributed by atoms with E-state index < -0.39 is 6.04 Å². The molecule has 1 heterocycles. The van der Waals surface area contributed by atoms with Gasteiger partial charge in [0.1, 0.15) is 6.04 Å². The van der Waals surface area contributed by atoms with Crippen molar-refractivity contribution in [2.75, 3.05) is 26.2 Å². The molecule has 0 aromatic heterocycles. The van der Waals surface area contributed by atoms with Crippen molar-refractivity contribution in [1.82, 2.24) is 15.1 Å². The van der Waals surface area contributed by atoms with Crippen molar-refractivity contribution in [3.63, 3.8) is 0 Å². The molecule has 1 aliphatic rings. The van der Waals surface area contributed by atoms with Crippen LogP contribution in [0.4, 0.5) is 0 Å². The number of benzene rings is 1. The second-order valence-corrected chi connectivity index (χ2v) is 5.99. The molecule has 7 heteroatoms. The van der Waals surface area contributed by atoms with Crippen molar-refractivity contribution in [1.29, 1.82) is 0 Å².